The average Bonchev–Trinajstić information content (AvgIpc) is 1.90. The molecule has 2 nitrogen and oxygen atoms in total. The standard InChI is InChI=1S/C7H14NO/c1-2-7(9)3-5-8-6-4-7/h9H,2-6H2,1H3. The van der Waals surface area contributed by atoms with Crippen LogP contribution < -0.4 is 5.32 Å². The fourth-order valence-corrected chi connectivity index (χ4v) is 1.16. The molecule has 1 heterocycles. The maximum Gasteiger partial charge on any atom is 0.0670 e. The molecule has 0 amide bonds. The molecule has 1 fully saturated rings. The first-order valence-electron chi connectivity index (χ1n) is 3.62. The number of nitrogens with zero attached hydrogens (tertiary/aromatic N) is 1. The van der Waals surface area contributed by atoms with Gasteiger partial charge in [-0.2, -0.15) is 0 Å². The Morgan fingerprint density at radius 3 is 2.33 bits per heavy atom. The number of hydrogen-bond donors (Lipinski definition) is 1. The summed E-state index contributed by atoms with van der Waals surface area (Å²) in [6, 6.07) is 0. The van der Waals surface area contributed by atoms with Gasteiger partial charge in [0.05, 0.1) is 5.60 Å². The third kappa shape index (κ3) is 1.66. The van der Waals surface area contributed by atoms with E-state index < -0.39 is 0 Å². The van der Waals surface area contributed by atoms with Gasteiger partial charge in [-0.05, 0) is 19.3 Å². The van der Waals surface area contributed by atoms with E-state index in [9.17, 15) is 5.11 Å². The molecule has 0 aromatic carbocycles. The highest BCUT2D eigenvalue weighted by molar-refractivity contribution is 4.81. The first kappa shape index (κ1) is 7.03. The van der Waals surface area contributed by atoms with Gasteiger partial charge in [0, 0.05) is 13.1 Å². The number of piperidine rings is 1. The van der Waals surface area contributed by atoms with Crippen LogP contribution in [0.5, 0.6) is 0 Å². The molecule has 1 aliphatic heterocycles. The molecule has 0 unspecified atom stereocenters. The van der Waals surface area contributed by atoms with Crippen molar-refractivity contribution < 1.29 is 5.11 Å². The number of hydrogen-bond acceptors (Lipinski definition) is 1. The SMILES string of the molecule is CCC1(O)CC[N]CC1. The second kappa shape index (κ2) is 2.67. The van der Waals surface area contributed by atoms with Crippen molar-refractivity contribution in [3.63, 3.8) is 0 Å². The van der Waals surface area contributed by atoms with Crippen molar-refractivity contribution in [3.05, 3.63) is 0 Å². The van der Waals surface area contributed by atoms with Gasteiger partial charge in [0.1, 0.15) is 0 Å². The summed E-state index contributed by atoms with van der Waals surface area (Å²) in [6.45, 7) is 3.74. The predicted octanol–water partition coefficient (Wildman–Crippen LogP) is 0.526. The van der Waals surface area contributed by atoms with Crippen LogP contribution in [0.4, 0.5) is 0 Å². The van der Waals surface area contributed by atoms with E-state index in [1.807, 2.05) is 6.92 Å². The Kier molecular flexibility index (Phi) is 2.09. The Morgan fingerprint density at radius 1 is 1.44 bits per heavy atom. The van der Waals surface area contributed by atoms with Crippen molar-refractivity contribution in [2.45, 2.75) is 31.8 Å². The first-order chi connectivity index (χ1) is 4.27. The van der Waals surface area contributed by atoms with Crippen LogP contribution in [0.25, 0.3) is 0 Å². The van der Waals surface area contributed by atoms with Crippen LogP contribution >= 0.6 is 0 Å². The molecule has 1 rings (SSSR count). The molecule has 1 aliphatic rings. The summed E-state index contributed by atoms with van der Waals surface area (Å²) in [5.74, 6) is 0. The van der Waals surface area contributed by atoms with Crippen LogP contribution in [-0.2, 0) is 0 Å². The van der Waals surface area contributed by atoms with E-state index in [0.717, 1.165) is 32.4 Å². The molecule has 53 valence electrons. The van der Waals surface area contributed by atoms with Crippen LogP contribution in [0.3, 0.4) is 0 Å². The van der Waals surface area contributed by atoms with Gasteiger partial charge in [0.25, 0.3) is 0 Å². The fourth-order valence-electron chi connectivity index (χ4n) is 1.16. The minimum absolute atomic E-state index is 0.373. The van der Waals surface area contributed by atoms with E-state index in [1.54, 1.807) is 0 Å². The van der Waals surface area contributed by atoms with E-state index in [1.165, 1.54) is 0 Å². The monoisotopic (exact) mass is 128 g/mol. The summed E-state index contributed by atoms with van der Waals surface area (Å²) in [6.07, 6.45) is 2.61. The second-order valence-electron chi connectivity index (χ2n) is 2.75. The van der Waals surface area contributed by atoms with Gasteiger partial charge in [0.15, 0.2) is 0 Å². The molecule has 2 heteroatoms. The van der Waals surface area contributed by atoms with Crippen molar-refractivity contribution >= 4 is 0 Å². The highest BCUT2D eigenvalue weighted by atomic mass is 16.3. The van der Waals surface area contributed by atoms with E-state index >= 15 is 0 Å². The molecule has 1 radical (unpaired) electrons. The zero-order valence-corrected chi connectivity index (χ0v) is 5.93. The average molecular weight is 128 g/mol. The fraction of sp³-hybridized carbons (Fsp3) is 1.00. The van der Waals surface area contributed by atoms with Gasteiger partial charge in [-0.25, -0.2) is 5.32 Å². The normalized spacial score (nSPS) is 26.0. The largest absolute Gasteiger partial charge is 0.390 e. The third-order valence-corrected chi connectivity index (χ3v) is 2.13. The quantitative estimate of drug-likeness (QED) is 0.549. The van der Waals surface area contributed by atoms with E-state index in [2.05, 4.69) is 5.32 Å². The van der Waals surface area contributed by atoms with E-state index in [0.29, 0.717) is 0 Å². The Hall–Kier alpha value is -0.0800. The van der Waals surface area contributed by atoms with Crippen molar-refractivity contribution in [1.29, 1.82) is 0 Å². The lowest BCUT2D eigenvalue weighted by molar-refractivity contribution is 0.00622. The lowest BCUT2D eigenvalue weighted by Gasteiger charge is -2.30. The minimum Gasteiger partial charge on any atom is -0.390 e. The molecule has 0 aromatic rings. The van der Waals surface area contributed by atoms with Crippen molar-refractivity contribution in [2.24, 2.45) is 0 Å². The lowest BCUT2D eigenvalue weighted by Crippen LogP contribution is -2.38. The minimum atomic E-state index is -0.373. The van der Waals surface area contributed by atoms with Gasteiger partial charge in [-0.3, -0.25) is 0 Å². The summed E-state index contributed by atoms with van der Waals surface area (Å²) in [5.41, 5.74) is -0.373. The molecule has 0 bridgehead atoms. The van der Waals surface area contributed by atoms with Gasteiger partial charge in [0.2, 0.25) is 0 Å². The molecular weight excluding hydrogens is 114 g/mol. The van der Waals surface area contributed by atoms with Crippen molar-refractivity contribution in [2.75, 3.05) is 13.1 Å². The van der Waals surface area contributed by atoms with Crippen molar-refractivity contribution in [1.82, 2.24) is 5.32 Å². The van der Waals surface area contributed by atoms with E-state index in [4.69, 9.17) is 0 Å². The molecule has 0 aromatic heterocycles. The van der Waals surface area contributed by atoms with Gasteiger partial charge in [-0.1, -0.05) is 6.92 Å². The highest BCUT2D eigenvalue weighted by Gasteiger charge is 2.26. The molecule has 0 atom stereocenters. The number of rotatable bonds is 1. The molecule has 9 heavy (non-hydrogen) atoms. The van der Waals surface area contributed by atoms with Crippen LogP contribution in [0.15, 0.2) is 0 Å². The highest BCUT2D eigenvalue weighted by Crippen LogP contribution is 2.21. The summed E-state index contributed by atoms with van der Waals surface area (Å²) >= 11 is 0. The van der Waals surface area contributed by atoms with Gasteiger partial charge < -0.3 is 5.11 Å². The molecule has 1 saturated heterocycles. The van der Waals surface area contributed by atoms with Crippen LogP contribution in [0.2, 0.25) is 0 Å². The molecule has 0 saturated carbocycles. The molecular formula is C7H14NO. The van der Waals surface area contributed by atoms with Crippen molar-refractivity contribution in [3.8, 4) is 0 Å². The molecule has 1 N–H and O–H groups in total. The smallest absolute Gasteiger partial charge is 0.0670 e. The molecule has 0 spiro atoms. The zero-order chi connectivity index (χ0) is 6.74. The first-order valence-corrected chi connectivity index (χ1v) is 3.62. The van der Waals surface area contributed by atoms with Crippen LogP contribution in [-0.4, -0.2) is 23.8 Å². The third-order valence-electron chi connectivity index (χ3n) is 2.13. The maximum absolute atomic E-state index is 9.62. The van der Waals surface area contributed by atoms with Gasteiger partial charge >= 0.3 is 0 Å². The van der Waals surface area contributed by atoms with Crippen LogP contribution in [0, 0.1) is 0 Å². The topological polar surface area (TPSA) is 34.3 Å². The predicted molar refractivity (Wildman–Crippen MR) is 36.3 cm³/mol. The Morgan fingerprint density at radius 2 is 2.00 bits per heavy atom. The summed E-state index contributed by atoms with van der Waals surface area (Å²) < 4.78 is 0. The lowest BCUT2D eigenvalue weighted by atomic mass is 9.90. The Labute approximate surface area is 56.3 Å². The molecule has 0 aliphatic carbocycles. The van der Waals surface area contributed by atoms with E-state index in [-0.39, 0.29) is 5.60 Å². The van der Waals surface area contributed by atoms with Crippen LogP contribution in [0.1, 0.15) is 26.2 Å². The maximum atomic E-state index is 9.62. The number of aliphatic hydroxyl groups is 1. The zero-order valence-electron chi connectivity index (χ0n) is 5.93. The summed E-state index contributed by atoms with van der Waals surface area (Å²) in [4.78, 5) is 0. The Balaban J connectivity index is 2.37. The Bertz CT molecular complexity index is 86.9. The van der Waals surface area contributed by atoms with Gasteiger partial charge in [-0.15, -0.1) is 0 Å². The second-order valence-corrected chi connectivity index (χ2v) is 2.75. The summed E-state index contributed by atoms with van der Waals surface area (Å²) in [7, 11) is 0. The summed E-state index contributed by atoms with van der Waals surface area (Å²) in [5, 5.41) is 13.8.